The van der Waals surface area contributed by atoms with Gasteiger partial charge in [-0.25, -0.2) is 4.79 Å². The summed E-state index contributed by atoms with van der Waals surface area (Å²) in [4.78, 5) is 25.7. The van der Waals surface area contributed by atoms with Crippen LogP contribution in [0.15, 0.2) is 30.5 Å². The summed E-state index contributed by atoms with van der Waals surface area (Å²) in [6.45, 7) is 1.35. The number of hydrogen-bond acceptors (Lipinski definition) is 4. The van der Waals surface area contributed by atoms with E-state index in [9.17, 15) is 9.59 Å². The minimum atomic E-state index is -0.923. The van der Waals surface area contributed by atoms with Gasteiger partial charge < -0.3 is 15.3 Å². The molecule has 126 valence electrons. The number of amides is 2. The number of carboxylic acid groups (broad SMARTS) is 1. The van der Waals surface area contributed by atoms with E-state index in [-0.39, 0.29) is 17.5 Å². The zero-order valence-electron chi connectivity index (χ0n) is 12.7. The number of likely N-dealkylation sites (tertiary alicyclic amines) is 1. The number of carbonyl (C=O) groups excluding carboxylic acids is 1. The molecule has 1 aromatic heterocycles. The Morgan fingerprint density at radius 1 is 1.42 bits per heavy atom. The van der Waals surface area contributed by atoms with Crippen molar-refractivity contribution in [2.75, 3.05) is 19.6 Å². The van der Waals surface area contributed by atoms with Crippen LogP contribution in [0, 0.1) is 5.92 Å². The third-order valence-corrected chi connectivity index (χ3v) is 4.11. The van der Waals surface area contributed by atoms with Crippen molar-refractivity contribution in [3.05, 3.63) is 41.2 Å². The van der Waals surface area contributed by atoms with Gasteiger partial charge in [0.05, 0.1) is 11.9 Å². The molecule has 2 aromatic rings. The number of halogens is 1. The largest absolute Gasteiger partial charge is 0.465 e. The average molecular weight is 350 g/mol. The fraction of sp³-hybridized carbons (Fsp3) is 0.333. The Bertz CT molecular complexity index is 763. The first-order chi connectivity index (χ1) is 11.5. The van der Waals surface area contributed by atoms with Gasteiger partial charge >= 0.3 is 6.09 Å². The second-order valence-electron chi connectivity index (χ2n) is 5.59. The number of hydrogen-bond donors (Lipinski definition) is 2. The number of nitrogens with one attached hydrogen (secondary N) is 1. The van der Waals surface area contributed by atoms with Crippen LogP contribution in [0.3, 0.4) is 0 Å². The fourth-order valence-electron chi connectivity index (χ4n) is 2.59. The van der Waals surface area contributed by atoms with Crippen LogP contribution in [0.1, 0.15) is 16.9 Å². The highest BCUT2D eigenvalue weighted by atomic mass is 35.5. The highest BCUT2D eigenvalue weighted by Crippen LogP contribution is 2.16. The van der Waals surface area contributed by atoms with E-state index in [1.807, 2.05) is 0 Å². The Kier molecular flexibility index (Phi) is 4.66. The van der Waals surface area contributed by atoms with Crippen LogP contribution in [-0.2, 0) is 0 Å². The van der Waals surface area contributed by atoms with Gasteiger partial charge in [-0.2, -0.15) is 9.90 Å². The molecule has 9 heteroatoms. The molecule has 2 heterocycles. The SMILES string of the molecule is O=C(NC[C@H]1CCN(C(=O)O)C1)c1cnn(-c2cccc(Cl)c2)n1. The summed E-state index contributed by atoms with van der Waals surface area (Å²) in [5.41, 5.74) is 0.859. The number of rotatable bonds is 4. The lowest BCUT2D eigenvalue weighted by Gasteiger charge is -2.12. The third-order valence-electron chi connectivity index (χ3n) is 3.87. The van der Waals surface area contributed by atoms with Crippen molar-refractivity contribution in [1.29, 1.82) is 0 Å². The standard InChI is InChI=1S/C15H16ClN5O3/c16-11-2-1-3-12(6-11)21-18-8-13(19-21)14(22)17-7-10-4-5-20(9-10)15(23)24/h1-3,6,8,10H,4-5,7,9H2,(H,17,22)(H,23,24)/t10-/m1/s1. The lowest BCUT2D eigenvalue weighted by atomic mass is 10.1. The molecule has 2 N–H and O–H groups in total. The van der Waals surface area contributed by atoms with Gasteiger partial charge in [-0.3, -0.25) is 4.79 Å². The number of nitrogens with zero attached hydrogens (tertiary/aromatic N) is 4. The summed E-state index contributed by atoms with van der Waals surface area (Å²) >= 11 is 5.93. The topological polar surface area (TPSA) is 100 Å². The van der Waals surface area contributed by atoms with Gasteiger partial charge in [-0.05, 0) is 30.5 Å². The normalized spacial score (nSPS) is 17.0. The lowest BCUT2D eigenvalue weighted by molar-refractivity contribution is 0.0942. The second kappa shape index (κ2) is 6.88. The van der Waals surface area contributed by atoms with Crippen molar-refractivity contribution in [3.63, 3.8) is 0 Å². The van der Waals surface area contributed by atoms with Crippen molar-refractivity contribution in [2.45, 2.75) is 6.42 Å². The van der Waals surface area contributed by atoms with E-state index in [4.69, 9.17) is 16.7 Å². The molecule has 0 spiro atoms. The van der Waals surface area contributed by atoms with Crippen LogP contribution >= 0.6 is 11.6 Å². The molecular formula is C15H16ClN5O3. The van der Waals surface area contributed by atoms with Crippen LogP contribution < -0.4 is 5.32 Å². The molecular weight excluding hydrogens is 334 g/mol. The third kappa shape index (κ3) is 3.65. The smallest absolute Gasteiger partial charge is 0.407 e. The summed E-state index contributed by atoms with van der Waals surface area (Å²) in [6.07, 6.45) is 1.20. The van der Waals surface area contributed by atoms with Gasteiger partial charge in [-0.15, -0.1) is 5.10 Å². The first kappa shape index (κ1) is 16.3. The molecule has 1 atom stereocenters. The van der Waals surface area contributed by atoms with Crippen molar-refractivity contribution in [2.24, 2.45) is 5.92 Å². The first-order valence-corrected chi connectivity index (χ1v) is 7.85. The van der Waals surface area contributed by atoms with Gasteiger partial charge in [0.1, 0.15) is 0 Å². The molecule has 0 unspecified atom stereocenters. The minimum Gasteiger partial charge on any atom is -0.465 e. The maximum Gasteiger partial charge on any atom is 0.407 e. The molecule has 1 fully saturated rings. The molecule has 24 heavy (non-hydrogen) atoms. The van der Waals surface area contributed by atoms with E-state index in [2.05, 4.69) is 15.5 Å². The minimum absolute atomic E-state index is 0.119. The maximum atomic E-state index is 12.1. The molecule has 0 radical (unpaired) electrons. The molecule has 8 nitrogen and oxygen atoms in total. The monoisotopic (exact) mass is 349 g/mol. The van der Waals surface area contributed by atoms with Gasteiger partial charge in [0, 0.05) is 24.7 Å². The summed E-state index contributed by atoms with van der Waals surface area (Å²) < 4.78 is 0. The highest BCUT2D eigenvalue weighted by Gasteiger charge is 2.26. The Hall–Kier alpha value is -2.61. The van der Waals surface area contributed by atoms with Gasteiger partial charge in [-0.1, -0.05) is 17.7 Å². The molecule has 1 saturated heterocycles. The summed E-state index contributed by atoms with van der Waals surface area (Å²) in [7, 11) is 0. The van der Waals surface area contributed by atoms with Crippen molar-refractivity contribution >= 4 is 23.6 Å². The summed E-state index contributed by atoms with van der Waals surface area (Å²) in [5.74, 6) is -0.218. The predicted molar refractivity (Wildman–Crippen MR) is 86.4 cm³/mol. The van der Waals surface area contributed by atoms with E-state index in [1.54, 1.807) is 24.3 Å². The number of benzene rings is 1. The molecule has 1 aliphatic rings. The second-order valence-corrected chi connectivity index (χ2v) is 6.03. The molecule has 0 aliphatic carbocycles. The Balaban J connectivity index is 1.57. The predicted octanol–water partition coefficient (Wildman–Crippen LogP) is 1.65. The van der Waals surface area contributed by atoms with Crippen LogP contribution in [0.2, 0.25) is 5.02 Å². The van der Waals surface area contributed by atoms with E-state index >= 15 is 0 Å². The van der Waals surface area contributed by atoms with E-state index < -0.39 is 6.09 Å². The Morgan fingerprint density at radius 2 is 2.25 bits per heavy atom. The van der Waals surface area contributed by atoms with Crippen molar-refractivity contribution < 1.29 is 14.7 Å². The number of aromatic nitrogens is 3. The van der Waals surface area contributed by atoms with E-state index in [0.717, 1.165) is 6.42 Å². The van der Waals surface area contributed by atoms with E-state index in [0.29, 0.717) is 30.3 Å². The van der Waals surface area contributed by atoms with Crippen molar-refractivity contribution in [3.8, 4) is 5.69 Å². The van der Waals surface area contributed by atoms with Crippen LogP contribution in [0.5, 0.6) is 0 Å². The number of carbonyl (C=O) groups is 2. The molecule has 0 saturated carbocycles. The highest BCUT2D eigenvalue weighted by molar-refractivity contribution is 6.30. The van der Waals surface area contributed by atoms with Crippen LogP contribution in [-0.4, -0.2) is 56.6 Å². The molecule has 3 rings (SSSR count). The first-order valence-electron chi connectivity index (χ1n) is 7.47. The van der Waals surface area contributed by atoms with Crippen molar-refractivity contribution in [1.82, 2.24) is 25.2 Å². The van der Waals surface area contributed by atoms with Crippen LogP contribution in [0.4, 0.5) is 4.79 Å². The molecule has 2 amide bonds. The summed E-state index contributed by atoms with van der Waals surface area (Å²) in [6, 6.07) is 6.99. The zero-order valence-corrected chi connectivity index (χ0v) is 13.5. The maximum absolute atomic E-state index is 12.1. The Morgan fingerprint density at radius 3 is 2.96 bits per heavy atom. The van der Waals surface area contributed by atoms with Gasteiger partial charge in [0.15, 0.2) is 5.69 Å². The molecule has 1 aliphatic heterocycles. The average Bonchev–Trinajstić information content (AvgIpc) is 3.22. The quantitative estimate of drug-likeness (QED) is 0.874. The van der Waals surface area contributed by atoms with E-state index in [1.165, 1.54) is 15.9 Å². The lowest BCUT2D eigenvalue weighted by Crippen LogP contribution is -2.32. The fourth-order valence-corrected chi connectivity index (χ4v) is 2.78. The van der Waals surface area contributed by atoms with Gasteiger partial charge in [0.2, 0.25) is 0 Å². The van der Waals surface area contributed by atoms with Crippen LogP contribution in [0.25, 0.3) is 5.69 Å². The summed E-state index contributed by atoms with van der Waals surface area (Å²) in [5, 5.41) is 20.5. The Labute approximate surface area is 143 Å². The van der Waals surface area contributed by atoms with Gasteiger partial charge in [0.25, 0.3) is 5.91 Å². The molecule has 1 aromatic carbocycles. The molecule has 0 bridgehead atoms. The zero-order chi connectivity index (χ0) is 17.1.